The van der Waals surface area contributed by atoms with E-state index in [1.807, 2.05) is 24.3 Å². The van der Waals surface area contributed by atoms with Crippen molar-refractivity contribution >= 4 is 39.4 Å². The van der Waals surface area contributed by atoms with E-state index in [1.165, 1.54) is 28.6 Å². The van der Waals surface area contributed by atoms with Crippen molar-refractivity contribution in [3.63, 3.8) is 0 Å². The van der Waals surface area contributed by atoms with Crippen molar-refractivity contribution in [2.24, 2.45) is 5.10 Å². The van der Waals surface area contributed by atoms with Crippen LogP contribution in [0, 0.1) is 0 Å². The molecule has 3 aromatic rings. The van der Waals surface area contributed by atoms with Gasteiger partial charge in [0, 0.05) is 10.9 Å². The molecule has 2 aromatic carbocycles. The molecule has 1 atom stereocenters. The van der Waals surface area contributed by atoms with Crippen LogP contribution in [0.2, 0.25) is 0 Å². The number of carboxylic acid groups (broad SMARTS) is 1. The highest BCUT2D eigenvalue weighted by molar-refractivity contribution is 9.10. The average Bonchev–Trinajstić information content (AvgIpc) is 3.10. The fraction of sp³-hybridized carbons (Fsp3) is 0.200. The Morgan fingerprint density at radius 1 is 1.10 bits per heavy atom. The van der Waals surface area contributed by atoms with Gasteiger partial charge in [0.1, 0.15) is 0 Å². The molecule has 0 saturated heterocycles. The summed E-state index contributed by atoms with van der Waals surface area (Å²) in [5.41, 5.74) is 0.976. The number of alkyl halides is 3. The first-order valence-electron chi connectivity index (χ1n) is 9.04. The van der Waals surface area contributed by atoms with Gasteiger partial charge >= 0.3 is 12.1 Å². The molecule has 11 heteroatoms. The molecule has 1 N–H and O–H groups in total. The summed E-state index contributed by atoms with van der Waals surface area (Å²) < 4.78 is 41.2. The second kappa shape index (κ2) is 8.46. The van der Waals surface area contributed by atoms with Crippen LogP contribution in [0.15, 0.2) is 63.3 Å². The summed E-state index contributed by atoms with van der Waals surface area (Å²) in [5.74, 6) is -0.497. The lowest BCUT2D eigenvalue weighted by Gasteiger charge is -2.22. The number of carbonyl (C=O) groups is 1. The predicted octanol–water partition coefficient (Wildman–Crippen LogP) is 4.85. The Morgan fingerprint density at radius 3 is 2.39 bits per heavy atom. The molecule has 1 unspecified atom stereocenters. The lowest BCUT2D eigenvalue weighted by atomic mass is 10.0. The van der Waals surface area contributed by atoms with Crippen LogP contribution in [0.3, 0.4) is 0 Å². The van der Waals surface area contributed by atoms with Crippen LogP contribution in [0.25, 0.3) is 0 Å². The van der Waals surface area contributed by atoms with Crippen molar-refractivity contribution in [3.05, 3.63) is 75.5 Å². The van der Waals surface area contributed by atoms with Crippen molar-refractivity contribution < 1.29 is 23.1 Å². The lowest BCUT2D eigenvalue weighted by Crippen LogP contribution is -2.27. The van der Waals surface area contributed by atoms with Gasteiger partial charge in [-0.1, -0.05) is 52.0 Å². The number of nitrogens with zero attached hydrogens (tertiary/aromatic N) is 4. The van der Waals surface area contributed by atoms with Gasteiger partial charge < -0.3 is 5.11 Å². The van der Waals surface area contributed by atoms with Crippen LogP contribution in [-0.2, 0) is 17.4 Å². The Balaban J connectivity index is 1.71. The minimum absolute atomic E-state index is 0.251. The molecule has 0 amide bonds. The van der Waals surface area contributed by atoms with E-state index in [-0.39, 0.29) is 6.42 Å². The zero-order valence-electron chi connectivity index (χ0n) is 15.7. The Labute approximate surface area is 187 Å². The molecule has 4 rings (SSSR count). The Kier molecular flexibility index (Phi) is 5.89. The first-order valence-corrected chi connectivity index (χ1v) is 10.7. The van der Waals surface area contributed by atoms with Gasteiger partial charge in [-0.25, -0.2) is 0 Å². The van der Waals surface area contributed by atoms with Gasteiger partial charge in [0.05, 0.1) is 22.9 Å². The van der Waals surface area contributed by atoms with Crippen molar-refractivity contribution in [2.45, 2.75) is 29.4 Å². The van der Waals surface area contributed by atoms with Crippen molar-refractivity contribution in [1.82, 2.24) is 14.9 Å². The highest BCUT2D eigenvalue weighted by Crippen LogP contribution is 2.34. The molecule has 1 aromatic heterocycles. The monoisotopic (exact) mass is 510 g/mol. The van der Waals surface area contributed by atoms with Crippen LogP contribution < -0.4 is 0 Å². The van der Waals surface area contributed by atoms with Gasteiger partial charge in [-0.15, -0.1) is 10.2 Å². The van der Waals surface area contributed by atoms with Gasteiger partial charge in [-0.3, -0.25) is 4.79 Å². The van der Waals surface area contributed by atoms with Crippen molar-refractivity contribution in [2.75, 3.05) is 0 Å². The van der Waals surface area contributed by atoms with Crippen LogP contribution in [0.1, 0.15) is 28.9 Å². The van der Waals surface area contributed by atoms with Crippen LogP contribution in [0.4, 0.5) is 13.2 Å². The first kappa shape index (κ1) is 21.6. The number of aliphatic carboxylic acids is 1. The van der Waals surface area contributed by atoms with E-state index in [0.717, 1.165) is 22.2 Å². The fourth-order valence-electron chi connectivity index (χ4n) is 3.09. The number of hydrogen-bond acceptors (Lipinski definition) is 5. The fourth-order valence-corrected chi connectivity index (χ4v) is 4.46. The number of aromatic nitrogens is 3. The maximum Gasteiger partial charge on any atom is 0.416 e. The molecular weight excluding hydrogens is 497 g/mol. The minimum Gasteiger partial charge on any atom is -0.481 e. The maximum atomic E-state index is 12.9. The lowest BCUT2D eigenvalue weighted by molar-refractivity contribution is -0.138. The van der Waals surface area contributed by atoms with Gasteiger partial charge in [0.15, 0.2) is 5.82 Å². The van der Waals surface area contributed by atoms with Gasteiger partial charge in [-0.2, -0.15) is 22.9 Å². The highest BCUT2D eigenvalue weighted by Gasteiger charge is 2.33. The molecule has 1 aliphatic rings. The summed E-state index contributed by atoms with van der Waals surface area (Å²) >= 11 is 4.56. The van der Waals surface area contributed by atoms with E-state index in [9.17, 15) is 23.1 Å². The molecule has 6 nitrogen and oxygen atoms in total. The smallest absolute Gasteiger partial charge is 0.416 e. The van der Waals surface area contributed by atoms with Gasteiger partial charge in [0.2, 0.25) is 5.16 Å². The standard InChI is InChI=1S/C20H14BrF3N4O2S/c21-14-7-1-11(2-8-14)9-16-25-26-19-28(16)27-18(15(31-19)10-17(29)30)12-3-5-13(6-4-12)20(22,23)24/h1-8,15H,9-10H2,(H,29,30). The van der Waals surface area contributed by atoms with Crippen LogP contribution in [-0.4, -0.2) is 36.9 Å². The normalized spacial score (nSPS) is 16.0. The molecule has 160 valence electrons. The molecule has 0 saturated carbocycles. The summed E-state index contributed by atoms with van der Waals surface area (Å²) in [6, 6.07) is 12.2. The van der Waals surface area contributed by atoms with E-state index < -0.39 is 23.0 Å². The summed E-state index contributed by atoms with van der Waals surface area (Å²) in [7, 11) is 0. The first-order chi connectivity index (χ1) is 14.7. The number of rotatable bonds is 5. The summed E-state index contributed by atoms with van der Waals surface area (Å²) in [4.78, 5) is 11.4. The van der Waals surface area contributed by atoms with Crippen molar-refractivity contribution in [1.29, 1.82) is 0 Å². The van der Waals surface area contributed by atoms with E-state index >= 15 is 0 Å². The van der Waals surface area contributed by atoms with E-state index in [4.69, 9.17) is 0 Å². The number of hydrogen-bond donors (Lipinski definition) is 1. The average molecular weight is 511 g/mol. The van der Waals surface area contributed by atoms with Gasteiger partial charge in [0.25, 0.3) is 0 Å². The second-order valence-electron chi connectivity index (χ2n) is 6.78. The number of halogens is 4. The van der Waals surface area contributed by atoms with Crippen molar-refractivity contribution in [3.8, 4) is 0 Å². The zero-order chi connectivity index (χ0) is 22.2. The van der Waals surface area contributed by atoms with E-state index in [0.29, 0.717) is 28.7 Å². The summed E-state index contributed by atoms with van der Waals surface area (Å²) in [6.45, 7) is 0. The number of fused-ring (bicyclic) bond motifs is 1. The third-order valence-electron chi connectivity index (χ3n) is 4.58. The van der Waals surface area contributed by atoms with Crippen LogP contribution >= 0.6 is 27.7 Å². The Bertz CT molecular complexity index is 1140. The molecule has 0 radical (unpaired) electrons. The molecule has 0 aliphatic carbocycles. The molecule has 2 heterocycles. The number of carboxylic acids is 1. The number of thioether (sulfide) groups is 1. The van der Waals surface area contributed by atoms with Crippen LogP contribution in [0.5, 0.6) is 0 Å². The third-order valence-corrected chi connectivity index (χ3v) is 6.25. The molecule has 31 heavy (non-hydrogen) atoms. The maximum absolute atomic E-state index is 12.9. The molecule has 0 fully saturated rings. The number of benzene rings is 2. The van der Waals surface area contributed by atoms with E-state index in [2.05, 4.69) is 31.2 Å². The van der Waals surface area contributed by atoms with Gasteiger partial charge in [-0.05, 0) is 35.4 Å². The topological polar surface area (TPSA) is 80.4 Å². The van der Waals surface area contributed by atoms with E-state index in [1.54, 1.807) is 0 Å². The second-order valence-corrected chi connectivity index (χ2v) is 8.86. The molecule has 0 spiro atoms. The Morgan fingerprint density at radius 2 is 1.77 bits per heavy atom. The highest BCUT2D eigenvalue weighted by atomic mass is 79.9. The summed E-state index contributed by atoms with van der Waals surface area (Å²) in [6.07, 6.45) is -4.27. The largest absolute Gasteiger partial charge is 0.481 e. The minimum atomic E-state index is -4.46. The molecule has 1 aliphatic heterocycles. The summed E-state index contributed by atoms with van der Waals surface area (Å²) in [5, 5.41) is 22.0. The SMILES string of the molecule is O=C(O)CC1Sc2nnc(Cc3ccc(Br)cc3)n2N=C1c1ccc(C(F)(F)F)cc1. The Hall–Kier alpha value is -2.66. The molecular formula is C20H14BrF3N4O2S. The third kappa shape index (κ3) is 4.82. The zero-order valence-corrected chi connectivity index (χ0v) is 18.1. The predicted molar refractivity (Wildman–Crippen MR) is 112 cm³/mol. The molecule has 0 bridgehead atoms. The quantitative estimate of drug-likeness (QED) is 0.530.